The quantitative estimate of drug-likeness (QED) is 0.757. The lowest BCUT2D eigenvalue weighted by molar-refractivity contribution is 0.271. The molecule has 1 aliphatic heterocycles. The first-order valence-electron chi connectivity index (χ1n) is 8.70. The lowest BCUT2D eigenvalue weighted by Crippen LogP contribution is -2.44. The van der Waals surface area contributed by atoms with Crippen LogP contribution in [0.3, 0.4) is 0 Å². The maximum atomic E-state index is 5.65. The number of hydrogen-bond acceptors (Lipinski definition) is 5. The zero-order valence-corrected chi connectivity index (χ0v) is 14.9. The van der Waals surface area contributed by atoms with E-state index in [9.17, 15) is 0 Å². The van der Waals surface area contributed by atoms with Crippen molar-refractivity contribution in [1.82, 2.24) is 5.01 Å². The number of nitrogens with zero attached hydrogens (tertiary/aromatic N) is 3. The van der Waals surface area contributed by atoms with Crippen LogP contribution < -0.4 is 14.4 Å². The summed E-state index contributed by atoms with van der Waals surface area (Å²) < 4.78 is 11.1. The van der Waals surface area contributed by atoms with Crippen molar-refractivity contribution >= 4 is 11.9 Å². The van der Waals surface area contributed by atoms with E-state index in [0.717, 1.165) is 48.9 Å². The van der Waals surface area contributed by atoms with Crippen molar-refractivity contribution in [2.75, 3.05) is 44.8 Å². The molecule has 0 bridgehead atoms. The molecule has 0 atom stereocenters. The van der Waals surface area contributed by atoms with Gasteiger partial charge < -0.3 is 14.4 Å². The summed E-state index contributed by atoms with van der Waals surface area (Å²) in [6.07, 6.45) is 1.89. The normalized spacial score (nSPS) is 14.8. The minimum absolute atomic E-state index is 0.655. The maximum absolute atomic E-state index is 5.65. The summed E-state index contributed by atoms with van der Waals surface area (Å²) in [7, 11) is 1.72. The molecule has 1 fully saturated rings. The van der Waals surface area contributed by atoms with Gasteiger partial charge in [0.25, 0.3) is 0 Å². The topological polar surface area (TPSA) is 37.3 Å². The van der Waals surface area contributed by atoms with Crippen LogP contribution in [-0.4, -0.2) is 51.1 Å². The van der Waals surface area contributed by atoms with E-state index in [1.54, 1.807) is 7.11 Å². The molecule has 132 valence electrons. The molecule has 0 amide bonds. The van der Waals surface area contributed by atoms with Gasteiger partial charge in [0.05, 0.1) is 38.7 Å². The lowest BCUT2D eigenvalue weighted by atomic mass is 10.2. The van der Waals surface area contributed by atoms with Crippen molar-refractivity contribution in [2.45, 2.75) is 6.92 Å². The number of ether oxygens (including phenoxy) is 2. The summed E-state index contributed by atoms with van der Waals surface area (Å²) in [5, 5.41) is 6.74. The monoisotopic (exact) mass is 339 g/mol. The first-order chi connectivity index (χ1) is 12.3. The third-order valence-corrected chi connectivity index (χ3v) is 4.26. The minimum Gasteiger partial charge on any atom is -0.495 e. The van der Waals surface area contributed by atoms with E-state index in [0.29, 0.717) is 6.61 Å². The average Bonchev–Trinajstić information content (AvgIpc) is 2.68. The molecule has 5 nitrogen and oxygen atoms in total. The predicted molar refractivity (Wildman–Crippen MR) is 102 cm³/mol. The standard InChI is InChI=1S/C20H25N3O2/c1-3-25-19-10-6-4-8-17(19)16-21-23-14-12-22(13-15-23)18-9-5-7-11-20(18)24-2/h4-11,16H,3,12-15H2,1-2H3. The van der Waals surface area contributed by atoms with Crippen LogP contribution in [0.15, 0.2) is 53.6 Å². The Kier molecular flexibility index (Phi) is 5.77. The number of methoxy groups -OCH3 is 1. The zero-order chi connectivity index (χ0) is 17.5. The first-order valence-corrected chi connectivity index (χ1v) is 8.70. The van der Waals surface area contributed by atoms with Gasteiger partial charge in [-0.05, 0) is 31.2 Å². The van der Waals surface area contributed by atoms with E-state index < -0.39 is 0 Å². The Labute approximate surface area is 149 Å². The fourth-order valence-corrected chi connectivity index (χ4v) is 2.96. The average molecular weight is 339 g/mol. The Morgan fingerprint density at radius 2 is 1.64 bits per heavy atom. The molecule has 0 radical (unpaired) electrons. The maximum Gasteiger partial charge on any atom is 0.142 e. The van der Waals surface area contributed by atoms with Gasteiger partial charge in [0.2, 0.25) is 0 Å². The molecule has 1 saturated heterocycles. The second-order valence-electron chi connectivity index (χ2n) is 5.83. The third-order valence-electron chi connectivity index (χ3n) is 4.26. The number of para-hydroxylation sites is 3. The van der Waals surface area contributed by atoms with E-state index in [4.69, 9.17) is 9.47 Å². The van der Waals surface area contributed by atoms with Crippen molar-refractivity contribution in [3.8, 4) is 11.5 Å². The fraction of sp³-hybridized carbons (Fsp3) is 0.350. The van der Waals surface area contributed by atoms with Crippen LogP contribution in [0.2, 0.25) is 0 Å². The number of piperazine rings is 1. The van der Waals surface area contributed by atoms with Gasteiger partial charge >= 0.3 is 0 Å². The van der Waals surface area contributed by atoms with Crippen molar-refractivity contribution in [3.63, 3.8) is 0 Å². The van der Waals surface area contributed by atoms with Gasteiger partial charge in [0.1, 0.15) is 11.5 Å². The van der Waals surface area contributed by atoms with Crippen molar-refractivity contribution in [2.24, 2.45) is 5.10 Å². The van der Waals surface area contributed by atoms with Crippen molar-refractivity contribution < 1.29 is 9.47 Å². The highest BCUT2D eigenvalue weighted by Gasteiger charge is 2.18. The summed E-state index contributed by atoms with van der Waals surface area (Å²) in [4.78, 5) is 2.35. The summed E-state index contributed by atoms with van der Waals surface area (Å²) in [6, 6.07) is 16.1. The number of anilines is 1. The highest BCUT2D eigenvalue weighted by molar-refractivity contribution is 5.83. The number of rotatable bonds is 6. The lowest BCUT2D eigenvalue weighted by Gasteiger charge is -2.35. The van der Waals surface area contributed by atoms with Crippen LogP contribution in [-0.2, 0) is 0 Å². The zero-order valence-electron chi connectivity index (χ0n) is 14.9. The van der Waals surface area contributed by atoms with Gasteiger partial charge in [-0.25, -0.2) is 0 Å². The van der Waals surface area contributed by atoms with E-state index in [1.807, 2.05) is 55.6 Å². The molecule has 25 heavy (non-hydrogen) atoms. The molecule has 0 aromatic heterocycles. The highest BCUT2D eigenvalue weighted by Crippen LogP contribution is 2.28. The molecule has 2 aromatic rings. The van der Waals surface area contributed by atoms with E-state index >= 15 is 0 Å². The summed E-state index contributed by atoms with van der Waals surface area (Å²) in [6.45, 7) is 6.25. The van der Waals surface area contributed by atoms with E-state index in [2.05, 4.69) is 21.1 Å². The second-order valence-corrected chi connectivity index (χ2v) is 5.83. The molecule has 0 saturated carbocycles. The van der Waals surface area contributed by atoms with Crippen LogP contribution in [0.4, 0.5) is 5.69 Å². The molecule has 5 heteroatoms. The molecule has 3 rings (SSSR count). The largest absolute Gasteiger partial charge is 0.495 e. The molecule has 0 spiro atoms. The van der Waals surface area contributed by atoms with E-state index in [-0.39, 0.29) is 0 Å². The van der Waals surface area contributed by atoms with Crippen LogP contribution in [0.5, 0.6) is 11.5 Å². The third kappa shape index (κ3) is 4.24. The van der Waals surface area contributed by atoms with Gasteiger partial charge in [-0.3, -0.25) is 5.01 Å². The molecule has 0 N–H and O–H groups in total. The first kappa shape index (κ1) is 17.1. The van der Waals surface area contributed by atoms with Gasteiger partial charge in [-0.15, -0.1) is 0 Å². The highest BCUT2D eigenvalue weighted by atomic mass is 16.5. The second kappa shape index (κ2) is 8.42. The Bertz CT molecular complexity index is 710. The Morgan fingerprint density at radius 3 is 2.36 bits per heavy atom. The van der Waals surface area contributed by atoms with Gasteiger partial charge in [-0.2, -0.15) is 5.10 Å². The Balaban J connectivity index is 1.61. The summed E-state index contributed by atoms with van der Waals surface area (Å²) in [5.41, 5.74) is 2.16. The van der Waals surface area contributed by atoms with Crippen LogP contribution in [0.1, 0.15) is 12.5 Å². The van der Waals surface area contributed by atoms with E-state index in [1.165, 1.54) is 0 Å². The number of hydrazone groups is 1. The van der Waals surface area contributed by atoms with Crippen LogP contribution in [0, 0.1) is 0 Å². The summed E-state index contributed by atoms with van der Waals surface area (Å²) in [5.74, 6) is 1.80. The molecule has 1 aliphatic rings. The summed E-state index contributed by atoms with van der Waals surface area (Å²) >= 11 is 0. The molecule has 0 aliphatic carbocycles. The van der Waals surface area contributed by atoms with Crippen molar-refractivity contribution in [3.05, 3.63) is 54.1 Å². The van der Waals surface area contributed by atoms with Gasteiger partial charge in [-0.1, -0.05) is 24.3 Å². The molecule has 0 unspecified atom stereocenters. The minimum atomic E-state index is 0.655. The Hall–Kier alpha value is -2.69. The van der Waals surface area contributed by atoms with Crippen LogP contribution in [0.25, 0.3) is 0 Å². The van der Waals surface area contributed by atoms with Gasteiger partial charge in [0, 0.05) is 18.7 Å². The molecular weight excluding hydrogens is 314 g/mol. The van der Waals surface area contributed by atoms with Crippen molar-refractivity contribution in [1.29, 1.82) is 0 Å². The smallest absolute Gasteiger partial charge is 0.142 e. The SMILES string of the molecule is CCOc1ccccc1C=NN1CCN(c2ccccc2OC)CC1. The predicted octanol–water partition coefficient (Wildman–Crippen LogP) is 3.25. The van der Waals surface area contributed by atoms with Crippen LogP contribution >= 0.6 is 0 Å². The number of hydrogen-bond donors (Lipinski definition) is 0. The Morgan fingerprint density at radius 1 is 0.960 bits per heavy atom. The van der Waals surface area contributed by atoms with Gasteiger partial charge in [0.15, 0.2) is 0 Å². The fourth-order valence-electron chi connectivity index (χ4n) is 2.96. The molecule has 2 aromatic carbocycles. The molecular formula is C20H25N3O2. The molecule has 1 heterocycles. The number of benzene rings is 2.